The zero-order valence-electron chi connectivity index (χ0n) is 7.70. The number of amidine groups is 1. The van der Waals surface area contributed by atoms with E-state index in [2.05, 4.69) is 10.4 Å². The van der Waals surface area contributed by atoms with Crippen molar-refractivity contribution in [2.45, 2.75) is 18.9 Å². The lowest BCUT2D eigenvalue weighted by atomic mass is 10.2. The zero-order chi connectivity index (χ0) is 9.97. The smallest absolute Gasteiger partial charge is 0.144 e. The Morgan fingerprint density at radius 1 is 1.43 bits per heavy atom. The Labute approximate surface area is 87.9 Å². The van der Waals surface area contributed by atoms with Gasteiger partial charge in [0.25, 0.3) is 0 Å². The molecule has 0 heterocycles. The maximum absolute atomic E-state index is 6.03. The molecule has 0 aromatic heterocycles. The molecule has 1 aliphatic rings. The molecule has 0 saturated heterocycles. The first kappa shape index (κ1) is 9.49. The molecule has 4 heteroatoms. The third-order valence-electron chi connectivity index (χ3n) is 2.12. The van der Waals surface area contributed by atoms with Gasteiger partial charge in [-0.2, -0.15) is 0 Å². The molecule has 3 N–H and O–H groups in total. The number of rotatable bonds is 2. The Kier molecular flexibility index (Phi) is 2.70. The number of hydrogen-bond acceptors (Lipinski definition) is 2. The number of hydrazine groups is 1. The SMILES string of the molecule is NNC(=NC1CC1)c1ccccc1Cl. The van der Waals surface area contributed by atoms with Crippen LogP contribution in [-0.2, 0) is 0 Å². The molecule has 0 amide bonds. The van der Waals surface area contributed by atoms with Crippen LogP contribution in [0.2, 0.25) is 5.02 Å². The molecule has 0 unspecified atom stereocenters. The van der Waals surface area contributed by atoms with Crippen molar-refractivity contribution in [1.82, 2.24) is 5.43 Å². The standard InChI is InChI=1S/C10H12ClN3/c11-9-4-2-1-3-8(9)10(14-12)13-7-5-6-7/h1-4,7H,5-6,12H2,(H,13,14). The third kappa shape index (κ3) is 2.05. The van der Waals surface area contributed by atoms with E-state index in [0.717, 1.165) is 18.4 Å². The molecule has 0 aliphatic heterocycles. The minimum absolute atomic E-state index is 0.428. The predicted octanol–water partition coefficient (Wildman–Crippen LogP) is 1.71. The molecule has 1 aromatic carbocycles. The fourth-order valence-corrected chi connectivity index (χ4v) is 1.45. The van der Waals surface area contributed by atoms with Gasteiger partial charge in [0.15, 0.2) is 0 Å². The molecule has 1 saturated carbocycles. The molecular weight excluding hydrogens is 198 g/mol. The zero-order valence-corrected chi connectivity index (χ0v) is 8.46. The second kappa shape index (κ2) is 3.98. The monoisotopic (exact) mass is 209 g/mol. The van der Waals surface area contributed by atoms with Crippen LogP contribution >= 0.6 is 11.6 Å². The van der Waals surface area contributed by atoms with E-state index in [-0.39, 0.29) is 0 Å². The van der Waals surface area contributed by atoms with E-state index in [0.29, 0.717) is 16.9 Å². The van der Waals surface area contributed by atoms with E-state index in [1.807, 2.05) is 24.3 Å². The summed E-state index contributed by atoms with van der Waals surface area (Å²) in [5.41, 5.74) is 3.46. The van der Waals surface area contributed by atoms with E-state index < -0.39 is 0 Å². The first-order valence-corrected chi connectivity index (χ1v) is 4.98. The lowest BCUT2D eigenvalue weighted by molar-refractivity contribution is 0.971. The van der Waals surface area contributed by atoms with Gasteiger partial charge in [-0.1, -0.05) is 23.7 Å². The number of benzene rings is 1. The first-order chi connectivity index (χ1) is 6.81. The van der Waals surface area contributed by atoms with Crippen LogP contribution in [-0.4, -0.2) is 11.9 Å². The number of hydrogen-bond donors (Lipinski definition) is 2. The van der Waals surface area contributed by atoms with Crippen LogP contribution in [0.5, 0.6) is 0 Å². The largest absolute Gasteiger partial charge is 0.308 e. The summed E-state index contributed by atoms with van der Waals surface area (Å²) in [5.74, 6) is 6.09. The van der Waals surface area contributed by atoms with E-state index in [9.17, 15) is 0 Å². The summed E-state index contributed by atoms with van der Waals surface area (Å²) in [6, 6.07) is 7.97. The molecule has 0 bridgehead atoms. The maximum Gasteiger partial charge on any atom is 0.144 e. The van der Waals surface area contributed by atoms with Gasteiger partial charge in [0, 0.05) is 5.56 Å². The lowest BCUT2D eigenvalue weighted by Crippen LogP contribution is -2.31. The quantitative estimate of drug-likeness (QED) is 0.337. The average Bonchev–Trinajstić information content (AvgIpc) is 2.99. The highest BCUT2D eigenvalue weighted by Gasteiger charge is 2.21. The molecule has 74 valence electrons. The van der Waals surface area contributed by atoms with Crippen molar-refractivity contribution in [1.29, 1.82) is 0 Å². The van der Waals surface area contributed by atoms with Crippen LogP contribution in [0, 0.1) is 0 Å². The summed E-state index contributed by atoms with van der Waals surface area (Å²) in [4.78, 5) is 4.43. The Hall–Kier alpha value is -1.06. The van der Waals surface area contributed by atoms with Gasteiger partial charge in [-0.25, -0.2) is 5.84 Å². The van der Waals surface area contributed by atoms with E-state index in [4.69, 9.17) is 17.4 Å². The Bertz CT molecular complexity index is 358. The van der Waals surface area contributed by atoms with Gasteiger partial charge in [0.2, 0.25) is 0 Å². The molecule has 0 atom stereocenters. The third-order valence-corrected chi connectivity index (χ3v) is 2.45. The van der Waals surface area contributed by atoms with Gasteiger partial charge < -0.3 is 5.43 Å². The number of nitrogens with two attached hydrogens (primary N) is 1. The highest BCUT2D eigenvalue weighted by atomic mass is 35.5. The van der Waals surface area contributed by atoms with E-state index in [1.165, 1.54) is 0 Å². The normalized spacial score (nSPS) is 16.9. The van der Waals surface area contributed by atoms with Gasteiger partial charge in [-0.15, -0.1) is 0 Å². The lowest BCUT2D eigenvalue weighted by Gasteiger charge is -2.06. The van der Waals surface area contributed by atoms with Crippen LogP contribution in [0.3, 0.4) is 0 Å². The van der Waals surface area contributed by atoms with Crippen molar-refractivity contribution in [2.75, 3.05) is 0 Å². The first-order valence-electron chi connectivity index (χ1n) is 4.60. The summed E-state index contributed by atoms with van der Waals surface area (Å²) >= 11 is 6.03. The van der Waals surface area contributed by atoms with Crippen LogP contribution in [0.25, 0.3) is 0 Å². The molecule has 1 fully saturated rings. The molecule has 0 spiro atoms. The van der Waals surface area contributed by atoms with Crippen LogP contribution < -0.4 is 11.3 Å². The average molecular weight is 210 g/mol. The minimum Gasteiger partial charge on any atom is -0.308 e. The minimum atomic E-state index is 0.428. The van der Waals surface area contributed by atoms with Crippen molar-refractivity contribution in [2.24, 2.45) is 10.8 Å². The van der Waals surface area contributed by atoms with E-state index >= 15 is 0 Å². The second-order valence-electron chi connectivity index (χ2n) is 3.33. The van der Waals surface area contributed by atoms with Gasteiger partial charge in [-0.05, 0) is 25.0 Å². The molecular formula is C10H12ClN3. The van der Waals surface area contributed by atoms with Gasteiger partial charge in [0.1, 0.15) is 5.84 Å². The summed E-state index contributed by atoms with van der Waals surface area (Å²) in [7, 11) is 0. The summed E-state index contributed by atoms with van der Waals surface area (Å²) in [5, 5.41) is 0.671. The summed E-state index contributed by atoms with van der Waals surface area (Å²) in [6.07, 6.45) is 2.30. The second-order valence-corrected chi connectivity index (χ2v) is 3.74. The summed E-state index contributed by atoms with van der Waals surface area (Å²) in [6.45, 7) is 0. The predicted molar refractivity (Wildman–Crippen MR) is 58.3 cm³/mol. The van der Waals surface area contributed by atoms with Crippen molar-refractivity contribution in [3.63, 3.8) is 0 Å². The fraction of sp³-hybridized carbons (Fsp3) is 0.300. The van der Waals surface area contributed by atoms with Crippen LogP contribution in [0.4, 0.5) is 0 Å². The molecule has 14 heavy (non-hydrogen) atoms. The number of nitrogens with one attached hydrogen (secondary N) is 1. The van der Waals surface area contributed by atoms with Gasteiger partial charge in [-0.3, -0.25) is 4.99 Å². The van der Waals surface area contributed by atoms with Crippen molar-refractivity contribution in [3.05, 3.63) is 34.9 Å². The molecule has 1 aliphatic carbocycles. The number of halogens is 1. The van der Waals surface area contributed by atoms with Crippen molar-refractivity contribution in [3.8, 4) is 0 Å². The topological polar surface area (TPSA) is 50.4 Å². The van der Waals surface area contributed by atoms with Gasteiger partial charge >= 0.3 is 0 Å². The molecule has 1 aromatic rings. The van der Waals surface area contributed by atoms with Crippen molar-refractivity contribution < 1.29 is 0 Å². The Morgan fingerprint density at radius 3 is 2.71 bits per heavy atom. The highest BCUT2D eigenvalue weighted by Crippen LogP contribution is 2.25. The molecule has 0 radical (unpaired) electrons. The van der Waals surface area contributed by atoms with Crippen LogP contribution in [0.15, 0.2) is 29.3 Å². The Balaban J connectivity index is 2.30. The van der Waals surface area contributed by atoms with Gasteiger partial charge in [0.05, 0.1) is 11.1 Å². The Morgan fingerprint density at radius 2 is 2.14 bits per heavy atom. The van der Waals surface area contributed by atoms with Crippen molar-refractivity contribution >= 4 is 17.4 Å². The fourth-order valence-electron chi connectivity index (χ4n) is 1.22. The molecule has 3 nitrogen and oxygen atoms in total. The maximum atomic E-state index is 6.03. The van der Waals surface area contributed by atoms with Crippen LogP contribution in [0.1, 0.15) is 18.4 Å². The number of aliphatic imine (C=N–C) groups is 1. The number of nitrogens with zero attached hydrogens (tertiary/aromatic N) is 1. The highest BCUT2D eigenvalue weighted by molar-refractivity contribution is 6.34. The summed E-state index contributed by atoms with van der Waals surface area (Å²) < 4.78 is 0. The van der Waals surface area contributed by atoms with E-state index in [1.54, 1.807) is 0 Å². The molecule has 2 rings (SSSR count).